The molecule has 3 heterocycles. The van der Waals surface area contributed by atoms with Crippen LogP contribution < -0.4 is 5.32 Å². The van der Waals surface area contributed by atoms with Gasteiger partial charge in [0.2, 0.25) is 0 Å². The molecule has 6 nitrogen and oxygen atoms in total. The molecule has 4 rings (SSSR count). The molecule has 2 N–H and O–H groups in total. The van der Waals surface area contributed by atoms with Gasteiger partial charge < -0.3 is 15.3 Å². The van der Waals surface area contributed by atoms with Crippen molar-refractivity contribution in [3.8, 4) is 0 Å². The van der Waals surface area contributed by atoms with E-state index in [0.29, 0.717) is 36.1 Å². The normalized spacial score (nSPS) is 27.3. The molecule has 2 aromatic heterocycles. The van der Waals surface area contributed by atoms with Gasteiger partial charge in [-0.15, -0.1) is 21.5 Å². The molecule has 0 radical (unpaired) electrons. The number of aromatic nitrogens is 2. The van der Waals surface area contributed by atoms with Gasteiger partial charge in [0.05, 0.1) is 4.70 Å². The largest absolute Gasteiger partial charge is 0.465 e. The molecule has 2 aliphatic rings. The maximum Gasteiger partial charge on any atom is 0.407 e. The van der Waals surface area contributed by atoms with Crippen molar-refractivity contribution in [2.24, 2.45) is 11.8 Å². The van der Waals surface area contributed by atoms with Crippen molar-refractivity contribution in [2.45, 2.75) is 18.9 Å². The zero-order valence-corrected chi connectivity index (χ0v) is 13.3. The maximum atomic E-state index is 11.0. The first-order valence-electron chi connectivity index (χ1n) is 7.25. The van der Waals surface area contributed by atoms with E-state index >= 15 is 0 Å². The van der Waals surface area contributed by atoms with Crippen LogP contribution in [0.1, 0.15) is 12.8 Å². The van der Waals surface area contributed by atoms with Crippen molar-refractivity contribution in [3.63, 3.8) is 0 Å². The van der Waals surface area contributed by atoms with Gasteiger partial charge in [-0.05, 0) is 36.1 Å². The second-order valence-electron chi connectivity index (χ2n) is 6.02. The fourth-order valence-electron chi connectivity index (χ4n) is 3.71. The lowest BCUT2D eigenvalue weighted by Crippen LogP contribution is -2.29. The standard InChI is InChI=1S/C14H15ClN4O2S/c15-12-10-1-2-22-11(10)13(18-17-12)16-9-3-7-5-19(14(20)21)6-8(7)4-9/h1-2,7-9H,3-6H2,(H,16,18)(H,20,21)/t7-,8+,9?. The predicted molar refractivity (Wildman–Crippen MR) is 85.6 cm³/mol. The summed E-state index contributed by atoms with van der Waals surface area (Å²) < 4.78 is 1.03. The molecule has 0 aromatic carbocycles. The molecule has 1 unspecified atom stereocenters. The van der Waals surface area contributed by atoms with Gasteiger partial charge in [0.25, 0.3) is 0 Å². The zero-order valence-electron chi connectivity index (χ0n) is 11.7. The molecule has 8 heteroatoms. The van der Waals surface area contributed by atoms with Crippen LogP contribution in [0.5, 0.6) is 0 Å². The van der Waals surface area contributed by atoms with Crippen molar-refractivity contribution in [2.75, 3.05) is 18.4 Å². The molecule has 1 saturated heterocycles. The third-order valence-electron chi connectivity index (χ3n) is 4.70. The van der Waals surface area contributed by atoms with Gasteiger partial charge in [0, 0.05) is 24.5 Å². The van der Waals surface area contributed by atoms with E-state index in [2.05, 4.69) is 15.5 Å². The average Bonchev–Trinajstić information content (AvgIpc) is 3.15. The number of anilines is 1. The smallest absolute Gasteiger partial charge is 0.407 e. The Bertz CT molecular complexity index is 723. The first-order chi connectivity index (χ1) is 10.6. The molecule has 1 amide bonds. The molecule has 1 aliphatic heterocycles. The fourth-order valence-corrected chi connectivity index (χ4v) is 4.80. The number of amides is 1. The Labute approximate surface area is 136 Å². The monoisotopic (exact) mass is 338 g/mol. The number of thiophene rings is 1. The maximum absolute atomic E-state index is 11.0. The highest BCUT2D eigenvalue weighted by Crippen LogP contribution is 2.40. The fraction of sp³-hybridized carbons (Fsp3) is 0.500. The number of halogens is 1. The van der Waals surface area contributed by atoms with Crippen LogP contribution in [-0.4, -0.2) is 45.4 Å². The van der Waals surface area contributed by atoms with Crippen LogP contribution in [-0.2, 0) is 0 Å². The molecule has 2 aromatic rings. The van der Waals surface area contributed by atoms with Gasteiger partial charge >= 0.3 is 6.09 Å². The van der Waals surface area contributed by atoms with Crippen molar-refractivity contribution in [1.82, 2.24) is 15.1 Å². The summed E-state index contributed by atoms with van der Waals surface area (Å²) in [6, 6.07) is 2.28. The summed E-state index contributed by atoms with van der Waals surface area (Å²) in [5.41, 5.74) is 0. The summed E-state index contributed by atoms with van der Waals surface area (Å²) in [6.45, 7) is 1.30. The van der Waals surface area contributed by atoms with Crippen LogP contribution in [0.15, 0.2) is 11.4 Å². The lowest BCUT2D eigenvalue weighted by Gasteiger charge is -2.17. The molecule has 116 valence electrons. The molecular formula is C14H15ClN4O2S. The number of carboxylic acid groups (broad SMARTS) is 1. The Hall–Kier alpha value is -1.60. The second-order valence-corrected chi connectivity index (χ2v) is 7.30. The van der Waals surface area contributed by atoms with Crippen molar-refractivity contribution in [1.29, 1.82) is 0 Å². The van der Waals surface area contributed by atoms with E-state index in [-0.39, 0.29) is 0 Å². The number of nitrogens with zero attached hydrogens (tertiary/aromatic N) is 3. The third kappa shape index (κ3) is 2.28. The summed E-state index contributed by atoms with van der Waals surface area (Å²) >= 11 is 7.66. The average molecular weight is 339 g/mol. The molecule has 2 fully saturated rings. The Balaban J connectivity index is 1.48. The van der Waals surface area contributed by atoms with Crippen molar-refractivity contribution in [3.05, 3.63) is 16.6 Å². The SMILES string of the molecule is O=C(O)N1C[C@H]2CC(Nc3nnc(Cl)c4ccsc34)C[C@H]2C1. The van der Waals surface area contributed by atoms with Crippen LogP contribution in [0.2, 0.25) is 5.15 Å². The number of rotatable bonds is 2. The summed E-state index contributed by atoms with van der Waals surface area (Å²) in [7, 11) is 0. The number of fused-ring (bicyclic) bond motifs is 2. The Morgan fingerprint density at radius 3 is 2.77 bits per heavy atom. The molecule has 1 saturated carbocycles. The predicted octanol–water partition coefficient (Wildman–Crippen LogP) is 3.15. The van der Waals surface area contributed by atoms with E-state index in [1.807, 2.05) is 11.4 Å². The Morgan fingerprint density at radius 2 is 2.09 bits per heavy atom. The van der Waals surface area contributed by atoms with Gasteiger partial charge in [-0.25, -0.2) is 4.79 Å². The molecule has 1 aliphatic carbocycles. The first kappa shape index (κ1) is 14.0. The number of nitrogens with one attached hydrogen (secondary N) is 1. The number of carbonyl (C=O) groups is 1. The number of likely N-dealkylation sites (tertiary alicyclic amines) is 1. The number of hydrogen-bond donors (Lipinski definition) is 2. The Morgan fingerprint density at radius 1 is 1.36 bits per heavy atom. The number of hydrogen-bond acceptors (Lipinski definition) is 5. The van der Waals surface area contributed by atoms with E-state index in [4.69, 9.17) is 16.7 Å². The second kappa shape index (κ2) is 5.24. The third-order valence-corrected chi connectivity index (χ3v) is 5.90. The van der Waals surface area contributed by atoms with Crippen molar-refractivity contribution < 1.29 is 9.90 Å². The summed E-state index contributed by atoms with van der Waals surface area (Å²) in [5.74, 6) is 1.69. The summed E-state index contributed by atoms with van der Waals surface area (Å²) in [6.07, 6.45) is 1.15. The first-order valence-corrected chi connectivity index (χ1v) is 8.51. The molecule has 3 atom stereocenters. The minimum atomic E-state index is -0.803. The van der Waals surface area contributed by atoms with Crippen LogP contribution in [0.25, 0.3) is 10.1 Å². The quantitative estimate of drug-likeness (QED) is 0.879. The van der Waals surface area contributed by atoms with E-state index in [1.54, 1.807) is 11.3 Å². The summed E-state index contributed by atoms with van der Waals surface area (Å²) in [4.78, 5) is 12.6. The highest BCUT2D eigenvalue weighted by molar-refractivity contribution is 7.17. The van der Waals surface area contributed by atoms with Gasteiger partial charge in [-0.2, -0.15) is 0 Å². The topological polar surface area (TPSA) is 78.4 Å². The van der Waals surface area contributed by atoms with E-state index in [0.717, 1.165) is 28.7 Å². The zero-order chi connectivity index (χ0) is 15.3. The molecular weight excluding hydrogens is 324 g/mol. The van der Waals surface area contributed by atoms with Gasteiger partial charge in [0.1, 0.15) is 0 Å². The molecule has 0 spiro atoms. The van der Waals surface area contributed by atoms with Crippen LogP contribution in [0.3, 0.4) is 0 Å². The molecule has 0 bridgehead atoms. The van der Waals surface area contributed by atoms with Crippen molar-refractivity contribution >= 4 is 44.9 Å². The minimum Gasteiger partial charge on any atom is -0.465 e. The summed E-state index contributed by atoms with van der Waals surface area (Å²) in [5, 5.41) is 24.1. The minimum absolute atomic E-state index is 0.326. The molecule has 22 heavy (non-hydrogen) atoms. The lowest BCUT2D eigenvalue weighted by atomic mass is 10.0. The van der Waals surface area contributed by atoms with E-state index in [1.165, 1.54) is 4.90 Å². The van der Waals surface area contributed by atoms with Crippen LogP contribution >= 0.6 is 22.9 Å². The van der Waals surface area contributed by atoms with Gasteiger partial charge in [-0.3, -0.25) is 0 Å². The van der Waals surface area contributed by atoms with E-state index < -0.39 is 6.09 Å². The van der Waals surface area contributed by atoms with Crippen LogP contribution in [0, 0.1) is 11.8 Å². The Kier molecular flexibility index (Phi) is 3.34. The lowest BCUT2D eigenvalue weighted by molar-refractivity contribution is 0.152. The van der Waals surface area contributed by atoms with Gasteiger partial charge in [-0.1, -0.05) is 11.6 Å². The highest BCUT2D eigenvalue weighted by Gasteiger charge is 2.42. The van der Waals surface area contributed by atoms with E-state index in [9.17, 15) is 4.79 Å². The highest BCUT2D eigenvalue weighted by atomic mass is 35.5. The van der Waals surface area contributed by atoms with Gasteiger partial charge in [0.15, 0.2) is 11.0 Å². The van der Waals surface area contributed by atoms with Crippen LogP contribution in [0.4, 0.5) is 10.6 Å².